The Morgan fingerprint density at radius 1 is 1.42 bits per heavy atom. The molecule has 0 amide bonds. The fourth-order valence-electron chi connectivity index (χ4n) is 1.63. The lowest BCUT2D eigenvalue weighted by Crippen LogP contribution is -1.95. The molecule has 12 heavy (non-hydrogen) atoms. The third kappa shape index (κ3) is 1.42. The zero-order valence-corrected chi connectivity index (χ0v) is 7.46. The van der Waals surface area contributed by atoms with E-state index in [1.165, 1.54) is 17.6 Å². The summed E-state index contributed by atoms with van der Waals surface area (Å²) in [5, 5.41) is 0. The lowest BCUT2D eigenvalue weighted by molar-refractivity contribution is 0.731. The van der Waals surface area contributed by atoms with Crippen molar-refractivity contribution in [2.24, 2.45) is 5.92 Å². The van der Waals surface area contributed by atoms with Gasteiger partial charge in [-0.2, -0.15) is 0 Å². The Balaban J connectivity index is 2.12. The number of hydrogen-bond acceptors (Lipinski definition) is 0. The molecule has 0 heteroatoms. The van der Waals surface area contributed by atoms with Crippen molar-refractivity contribution in [2.75, 3.05) is 0 Å². The van der Waals surface area contributed by atoms with E-state index in [4.69, 9.17) is 0 Å². The van der Waals surface area contributed by atoms with Crippen molar-refractivity contribution in [3.63, 3.8) is 0 Å². The van der Waals surface area contributed by atoms with Gasteiger partial charge >= 0.3 is 0 Å². The Kier molecular flexibility index (Phi) is 1.99. The number of hydrogen-bond donors (Lipinski definition) is 0. The third-order valence-electron chi connectivity index (χ3n) is 2.46. The number of allylic oxidation sites excluding steroid dienone is 8. The van der Waals surface area contributed by atoms with Crippen LogP contribution in [0, 0.1) is 5.92 Å². The van der Waals surface area contributed by atoms with Crippen molar-refractivity contribution < 1.29 is 0 Å². The van der Waals surface area contributed by atoms with Gasteiger partial charge in [-0.25, -0.2) is 0 Å². The topological polar surface area (TPSA) is 0 Å². The first-order chi connectivity index (χ1) is 5.86. The zero-order chi connectivity index (χ0) is 8.39. The Labute approximate surface area is 74.0 Å². The van der Waals surface area contributed by atoms with E-state index in [0.29, 0.717) is 0 Å². The maximum atomic E-state index is 2.35. The van der Waals surface area contributed by atoms with Gasteiger partial charge < -0.3 is 0 Å². The molecular formula is C12H14. The molecule has 0 spiro atoms. The maximum absolute atomic E-state index is 2.35. The van der Waals surface area contributed by atoms with Gasteiger partial charge in [-0.15, -0.1) is 0 Å². The lowest BCUT2D eigenvalue weighted by atomic mass is 9.94. The molecule has 0 aromatic heterocycles. The summed E-state index contributed by atoms with van der Waals surface area (Å²) in [6.07, 6.45) is 15.8. The zero-order valence-electron chi connectivity index (χ0n) is 7.46. The van der Waals surface area contributed by atoms with E-state index >= 15 is 0 Å². The molecule has 0 aromatic carbocycles. The molecule has 0 saturated heterocycles. The highest BCUT2D eigenvalue weighted by molar-refractivity contribution is 5.46. The summed E-state index contributed by atoms with van der Waals surface area (Å²) >= 11 is 0. The minimum absolute atomic E-state index is 0.726. The highest BCUT2D eigenvalue weighted by atomic mass is 14.1. The second kappa shape index (κ2) is 3.14. The molecule has 0 aliphatic heterocycles. The van der Waals surface area contributed by atoms with Crippen molar-refractivity contribution in [2.45, 2.75) is 19.8 Å². The molecule has 0 N–H and O–H groups in total. The van der Waals surface area contributed by atoms with Crippen LogP contribution in [0.3, 0.4) is 0 Å². The van der Waals surface area contributed by atoms with Gasteiger partial charge in [0, 0.05) is 0 Å². The highest BCUT2D eigenvalue weighted by Gasteiger charge is 2.07. The molecule has 2 aliphatic rings. The van der Waals surface area contributed by atoms with E-state index in [1.54, 1.807) is 0 Å². The van der Waals surface area contributed by atoms with Crippen LogP contribution in [-0.4, -0.2) is 0 Å². The van der Waals surface area contributed by atoms with E-state index in [2.05, 4.69) is 43.4 Å². The molecule has 1 unspecified atom stereocenters. The maximum Gasteiger partial charge on any atom is -0.00885 e. The molecule has 2 aliphatic carbocycles. The van der Waals surface area contributed by atoms with E-state index in [9.17, 15) is 0 Å². The third-order valence-corrected chi connectivity index (χ3v) is 2.46. The van der Waals surface area contributed by atoms with Crippen LogP contribution < -0.4 is 0 Å². The van der Waals surface area contributed by atoms with E-state index in [-0.39, 0.29) is 0 Å². The van der Waals surface area contributed by atoms with Crippen molar-refractivity contribution in [1.29, 1.82) is 0 Å². The van der Waals surface area contributed by atoms with Crippen LogP contribution in [0.5, 0.6) is 0 Å². The molecule has 0 bridgehead atoms. The van der Waals surface area contributed by atoms with E-state index in [1.807, 2.05) is 0 Å². The minimum Gasteiger partial charge on any atom is -0.0808 e. The normalized spacial score (nSPS) is 27.2. The van der Waals surface area contributed by atoms with Crippen LogP contribution in [0.1, 0.15) is 19.8 Å². The Hall–Kier alpha value is -1.04. The van der Waals surface area contributed by atoms with Gasteiger partial charge in [0.15, 0.2) is 0 Å². The summed E-state index contributed by atoms with van der Waals surface area (Å²) < 4.78 is 0. The molecule has 0 saturated carbocycles. The second-order valence-electron chi connectivity index (χ2n) is 3.56. The van der Waals surface area contributed by atoms with Crippen LogP contribution in [0.15, 0.2) is 47.6 Å². The van der Waals surface area contributed by atoms with Gasteiger partial charge in [0.1, 0.15) is 0 Å². The average molecular weight is 158 g/mol. The van der Waals surface area contributed by atoms with Crippen LogP contribution in [0.2, 0.25) is 0 Å². The van der Waals surface area contributed by atoms with E-state index in [0.717, 1.165) is 12.3 Å². The molecule has 1 atom stereocenters. The first kappa shape index (κ1) is 7.60. The first-order valence-corrected chi connectivity index (χ1v) is 4.61. The Bertz CT molecular complexity index is 287. The highest BCUT2D eigenvalue weighted by Crippen LogP contribution is 2.25. The van der Waals surface area contributed by atoms with Gasteiger partial charge in [-0.1, -0.05) is 43.4 Å². The molecule has 0 nitrogen and oxygen atoms in total. The van der Waals surface area contributed by atoms with Crippen molar-refractivity contribution >= 4 is 0 Å². The molecule has 0 fully saturated rings. The Morgan fingerprint density at radius 3 is 2.92 bits per heavy atom. The van der Waals surface area contributed by atoms with Crippen LogP contribution in [-0.2, 0) is 0 Å². The van der Waals surface area contributed by atoms with Gasteiger partial charge in [-0.05, 0) is 29.9 Å². The largest absolute Gasteiger partial charge is 0.0808 e. The van der Waals surface area contributed by atoms with Gasteiger partial charge in [0.2, 0.25) is 0 Å². The molecule has 62 valence electrons. The molecule has 0 radical (unpaired) electrons. The van der Waals surface area contributed by atoms with Gasteiger partial charge in [0.25, 0.3) is 0 Å². The fourth-order valence-corrected chi connectivity index (χ4v) is 1.63. The predicted molar refractivity (Wildman–Crippen MR) is 52.8 cm³/mol. The predicted octanol–water partition coefficient (Wildman–Crippen LogP) is 3.40. The first-order valence-electron chi connectivity index (χ1n) is 4.61. The van der Waals surface area contributed by atoms with Crippen molar-refractivity contribution in [3.05, 3.63) is 47.6 Å². The minimum atomic E-state index is 0.726. The summed E-state index contributed by atoms with van der Waals surface area (Å²) in [5.74, 6) is 0.726. The summed E-state index contributed by atoms with van der Waals surface area (Å²) in [4.78, 5) is 0. The van der Waals surface area contributed by atoms with E-state index < -0.39 is 0 Å². The van der Waals surface area contributed by atoms with Crippen LogP contribution >= 0.6 is 0 Å². The lowest BCUT2D eigenvalue weighted by Gasteiger charge is -2.12. The van der Waals surface area contributed by atoms with Crippen LogP contribution in [0.25, 0.3) is 0 Å². The van der Waals surface area contributed by atoms with Crippen LogP contribution in [0.4, 0.5) is 0 Å². The quantitative estimate of drug-likeness (QED) is 0.548. The van der Waals surface area contributed by atoms with Crippen molar-refractivity contribution in [1.82, 2.24) is 0 Å². The Morgan fingerprint density at radius 2 is 2.33 bits per heavy atom. The standard InChI is InChI=1S/C12H14/c1-10-6-8-12(9-7-10)11-4-2-3-5-11/h2-4,6,8-10H,5,7H2,1H3. The SMILES string of the molecule is CC1C=CC(C2=CC=CC2)=CC1. The fraction of sp³-hybridized carbons (Fsp3) is 0.333. The summed E-state index contributed by atoms with van der Waals surface area (Å²) in [6.45, 7) is 2.26. The molecule has 2 rings (SSSR count). The number of rotatable bonds is 1. The molecular weight excluding hydrogens is 144 g/mol. The van der Waals surface area contributed by atoms with Gasteiger partial charge in [-0.3, -0.25) is 0 Å². The second-order valence-corrected chi connectivity index (χ2v) is 3.56. The monoisotopic (exact) mass is 158 g/mol. The summed E-state index contributed by atoms with van der Waals surface area (Å²) in [5.41, 5.74) is 2.90. The smallest absolute Gasteiger partial charge is 0.00885 e. The van der Waals surface area contributed by atoms with Crippen molar-refractivity contribution in [3.8, 4) is 0 Å². The summed E-state index contributed by atoms with van der Waals surface area (Å²) in [7, 11) is 0. The summed E-state index contributed by atoms with van der Waals surface area (Å²) in [6, 6.07) is 0. The average Bonchev–Trinajstić information content (AvgIpc) is 2.58. The van der Waals surface area contributed by atoms with Gasteiger partial charge in [0.05, 0.1) is 0 Å². The molecule has 0 heterocycles. The molecule has 0 aromatic rings.